The summed E-state index contributed by atoms with van der Waals surface area (Å²) in [5.74, 6) is 0.0491. The van der Waals surface area contributed by atoms with Crippen molar-refractivity contribution in [1.29, 1.82) is 0 Å². The summed E-state index contributed by atoms with van der Waals surface area (Å²) in [6, 6.07) is 8.24. The maximum atomic E-state index is 12.7. The van der Waals surface area contributed by atoms with E-state index in [1.165, 1.54) is 21.5 Å². The fourth-order valence-corrected chi connectivity index (χ4v) is 4.09. The van der Waals surface area contributed by atoms with E-state index in [-0.39, 0.29) is 23.9 Å². The van der Waals surface area contributed by atoms with Crippen LogP contribution in [0.3, 0.4) is 0 Å². The normalized spacial score (nSPS) is 25.4. The van der Waals surface area contributed by atoms with Gasteiger partial charge in [-0.25, -0.2) is 0 Å². The largest absolute Gasteiger partial charge is 0.358 e. The van der Waals surface area contributed by atoms with Gasteiger partial charge in [-0.3, -0.25) is 19.4 Å². The van der Waals surface area contributed by atoms with Crippen LogP contribution in [-0.4, -0.2) is 45.2 Å². The smallest absolute Gasteiger partial charge is 0.247 e. The minimum absolute atomic E-state index is 0.0206. The molecule has 2 fully saturated rings. The number of carbonyl (C=O) groups is 2. The highest BCUT2D eigenvalue weighted by atomic mass is 16.2. The molecule has 23 heavy (non-hydrogen) atoms. The van der Waals surface area contributed by atoms with Crippen LogP contribution >= 0.6 is 0 Å². The third-order valence-corrected chi connectivity index (χ3v) is 5.42. The summed E-state index contributed by atoms with van der Waals surface area (Å²) in [6.45, 7) is 1.59. The highest BCUT2D eigenvalue weighted by molar-refractivity contribution is 6.06. The van der Waals surface area contributed by atoms with E-state index in [2.05, 4.69) is 28.1 Å². The number of aromatic amines is 1. The zero-order chi connectivity index (χ0) is 15.6. The van der Waals surface area contributed by atoms with Gasteiger partial charge in [0, 0.05) is 42.1 Å². The number of H-pyrrole nitrogens is 1. The molecule has 5 rings (SSSR count). The zero-order valence-electron chi connectivity index (χ0n) is 12.9. The fourth-order valence-electron chi connectivity index (χ4n) is 4.09. The number of aromatic nitrogens is 1. The molecule has 1 unspecified atom stereocenters. The van der Waals surface area contributed by atoms with Gasteiger partial charge in [-0.05, 0) is 24.5 Å². The molecule has 5 heteroatoms. The molecule has 1 aromatic heterocycles. The molecule has 1 saturated carbocycles. The van der Waals surface area contributed by atoms with E-state index < -0.39 is 0 Å². The van der Waals surface area contributed by atoms with Gasteiger partial charge in [0.15, 0.2) is 0 Å². The van der Waals surface area contributed by atoms with Crippen LogP contribution in [0.1, 0.15) is 30.5 Å². The molecule has 5 nitrogen and oxygen atoms in total. The number of imide groups is 1. The van der Waals surface area contributed by atoms with Crippen molar-refractivity contribution in [2.24, 2.45) is 0 Å². The average Bonchev–Trinajstić information content (AvgIpc) is 3.25. The molecule has 0 spiro atoms. The van der Waals surface area contributed by atoms with Gasteiger partial charge < -0.3 is 4.98 Å². The molecule has 1 atom stereocenters. The third kappa shape index (κ3) is 1.96. The molecule has 2 aromatic rings. The lowest BCUT2D eigenvalue weighted by molar-refractivity contribution is -0.140. The van der Waals surface area contributed by atoms with Crippen molar-refractivity contribution >= 4 is 22.7 Å². The van der Waals surface area contributed by atoms with Gasteiger partial charge >= 0.3 is 0 Å². The highest BCUT2D eigenvalue weighted by Gasteiger charge is 2.48. The Balaban J connectivity index is 1.45. The first-order valence-electron chi connectivity index (χ1n) is 8.41. The topological polar surface area (TPSA) is 56.4 Å². The zero-order valence-corrected chi connectivity index (χ0v) is 12.9. The fraction of sp³-hybridized carbons (Fsp3) is 0.444. The number of benzene rings is 1. The first kappa shape index (κ1) is 13.3. The first-order valence-corrected chi connectivity index (χ1v) is 8.41. The number of hydrogen-bond donors (Lipinski definition) is 1. The lowest BCUT2D eigenvalue weighted by atomic mass is 10.0. The van der Waals surface area contributed by atoms with Crippen LogP contribution in [0.25, 0.3) is 10.9 Å². The summed E-state index contributed by atoms with van der Waals surface area (Å²) >= 11 is 0. The van der Waals surface area contributed by atoms with Crippen molar-refractivity contribution < 1.29 is 9.59 Å². The number of para-hydroxylation sites is 1. The molecule has 0 bridgehead atoms. The molecule has 1 aliphatic carbocycles. The molecule has 0 radical (unpaired) electrons. The molecular formula is C18H19N3O2. The van der Waals surface area contributed by atoms with Crippen LogP contribution in [0, 0.1) is 0 Å². The number of amides is 2. The number of likely N-dealkylation sites (tertiary alicyclic amines) is 1. The summed E-state index contributed by atoms with van der Waals surface area (Å²) in [7, 11) is 0. The van der Waals surface area contributed by atoms with Crippen molar-refractivity contribution in [3.8, 4) is 0 Å². The van der Waals surface area contributed by atoms with Gasteiger partial charge in [-0.2, -0.15) is 0 Å². The Kier molecular flexibility index (Phi) is 2.71. The van der Waals surface area contributed by atoms with Crippen molar-refractivity contribution in [2.45, 2.75) is 44.3 Å². The molecule has 1 saturated heterocycles. The SMILES string of the molecule is O=C1CC(N2CCc3[nH]c4ccccc4c3C2)C(=O)N1C1CC1. The lowest BCUT2D eigenvalue weighted by Gasteiger charge is -2.31. The minimum Gasteiger partial charge on any atom is -0.358 e. The number of hydrogen-bond acceptors (Lipinski definition) is 3. The van der Waals surface area contributed by atoms with E-state index in [1.54, 1.807) is 0 Å². The van der Waals surface area contributed by atoms with E-state index in [0.717, 1.165) is 37.9 Å². The average molecular weight is 309 g/mol. The summed E-state index contributed by atoms with van der Waals surface area (Å²) in [4.78, 5) is 32.1. The number of carbonyl (C=O) groups excluding carboxylic acids is 2. The highest BCUT2D eigenvalue weighted by Crippen LogP contribution is 2.35. The standard InChI is InChI=1S/C18H19N3O2/c22-17-9-16(18(23)21(17)11-5-6-11)20-8-7-15-13(10-20)12-3-1-2-4-14(12)19-15/h1-4,11,16,19H,5-10H2. The van der Waals surface area contributed by atoms with Crippen molar-refractivity contribution in [2.75, 3.05) is 6.54 Å². The van der Waals surface area contributed by atoms with Gasteiger partial charge in [0.2, 0.25) is 11.8 Å². The number of fused-ring (bicyclic) bond motifs is 3. The summed E-state index contributed by atoms with van der Waals surface area (Å²) in [5.41, 5.74) is 3.73. The second-order valence-corrected chi connectivity index (χ2v) is 6.90. The van der Waals surface area contributed by atoms with E-state index in [9.17, 15) is 9.59 Å². The van der Waals surface area contributed by atoms with Gasteiger partial charge in [0.1, 0.15) is 0 Å². The monoisotopic (exact) mass is 309 g/mol. The molecule has 2 amide bonds. The van der Waals surface area contributed by atoms with E-state index in [4.69, 9.17) is 0 Å². The Morgan fingerprint density at radius 1 is 1.13 bits per heavy atom. The molecule has 1 aromatic carbocycles. The Bertz CT molecular complexity index is 821. The minimum atomic E-state index is -0.259. The predicted molar refractivity (Wildman–Crippen MR) is 85.7 cm³/mol. The lowest BCUT2D eigenvalue weighted by Crippen LogP contribution is -2.44. The molecular weight excluding hydrogens is 290 g/mol. The van der Waals surface area contributed by atoms with E-state index >= 15 is 0 Å². The van der Waals surface area contributed by atoms with Gasteiger partial charge in [0.05, 0.1) is 12.5 Å². The van der Waals surface area contributed by atoms with Crippen molar-refractivity contribution in [1.82, 2.24) is 14.8 Å². The Morgan fingerprint density at radius 3 is 2.78 bits per heavy atom. The summed E-state index contributed by atoms with van der Waals surface area (Å²) in [6.07, 6.45) is 3.23. The summed E-state index contributed by atoms with van der Waals surface area (Å²) < 4.78 is 0. The van der Waals surface area contributed by atoms with Crippen LogP contribution in [0.2, 0.25) is 0 Å². The van der Waals surface area contributed by atoms with Crippen LogP contribution in [0.5, 0.6) is 0 Å². The molecule has 3 heterocycles. The first-order chi connectivity index (χ1) is 11.2. The second-order valence-electron chi connectivity index (χ2n) is 6.90. The Morgan fingerprint density at radius 2 is 1.96 bits per heavy atom. The molecule has 3 aliphatic rings. The predicted octanol–water partition coefficient (Wildman–Crippen LogP) is 1.82. The maximum absolute atomic E-state index is 12.7. The van der Waals surface area contributed by atoms with E-state index in [0.29, 0.717) is 6.42 Å². The Hall–Kier alpha value is -2.14. The Labute approximate surface area is 134 Å². The quantitative estimate of drug-likeness (QED) is 0.861. The van der Waals surface area contributed by atoms with Crippen LogP contribution in [-0.2, 0) is 22.6 Å². The third-order valence-electron chi connectivity index (χ3n) is 5.42. The maximum Gasteiger partial charge on any atom is 0.247 e. The van der Waals surface area contributed by atoms with Gasteiger partial charge in [-0.15, -0.1) is 0 Å². The van der Waals surface area contributed by atoms with Crippen LogP contribution in [0.15, 0.2) is 24.3 Å². The van der Waals surface area contributed by atoms with Crippen molar-refractivity contribution in [3.63, 3.8) is 0 Å². The second kappa shape index (κ2) is 4.68. The van der Waals surface area contributed by atoms with Crippen LogP contribution in [0.4, 0.5) is 0 Å². The van der Waals surface area contributed by atoms with Crippen molar-refractivity contribution in [3.05, 3.63) is 35.5 Å². The van der Waals surface area contributed by atoms with E-state index in [1.807, 2.05) is 6.07 Å². The number of rotatable bonds is 2. The van der Waals surface area contributed by atoms with Gasteiger partial charge in [0.25, 0.3) is 0 Å². The molecule has 1 N–H and O–H groups in total. The number of nitrogens with one attached hydrogen (secondary N) is 1. The van der Waals surface area contributed by atoms with Crippen LogP contribution < -0.4 is 0 Å². The number of nitrogens with zero attached hydrogens (tertiary/aromatic N) is 2. The molecule has 2 aliphatic heterocycles. The summed E-state index contributed by atoms with van der Waals surface area (Å²) in [5, 5.41) is 1.24. The van der Waals surface area contributed by atoms with Gasteiger partial charge in [-0.1, -0.05) is 18.2 Å². The molecule has 118 valence electrons.